The molecule has 4 aromatic rings. The predicted octanol–water partition coefficient (Wildman–Crippen LogP) is 4.74. The molecule has 4 rings (SSSR count). The molecule has 3 heterocycles. The molecule has 6 heteroatoms. The molecule has 0 aliphatic heterocycles. The maximum absolute atomic E-state index is 4.73. The molecule has 0 unspecified atom stereocenters. The minimum Gasteiger partial charge on any atom is -0.364 e. The lowest BCUT2D eigenvalue weighted by atomic mass is 10.2. The van der Waals surface area contributed by atoms with Crippen molar-refractivity contribution in [3.05, 3.63) is 57.2 Å². The van der Waals surface area contributed by atoms with E-state index in [1.165, 1.54) is 4.88 Å². The maximum Gasteiger partial charge on any atom is 0.162 e. The number of thiazole rings is 1. The van der Waals surface area contributed by atoms with Crippen LogP contribution in [0.5, 0.6) is 0 Å². The Hall–Kier alpha value is -2.31. The summed E-state index contributed by atoms with van der Waals surface area (Å²) in [4.78, 5) is 14.9. The van der Waals surface area contributed by atoms with Gasteiger partial charge < -0.3 is 5.32 Å². The fourth-order valence-corrected chi connectivity index (χ4v) is 3.76. The molecule has 0 radical (unpaired) electrons. The van der Waals surface area contributed by atoms with Crippen LogP contribution in [0.4, 0.5) is 5.82 Å². The maximum atomic E-state index is 4.73. The highest BCUT2D eigenvalue weighted by Crippen LogP contribution is 2.26. The Balaban J connectivity index is 1.74. The van der Waals surface area contributed by atoms with Gasteiger partial charge in [0.05, 0.1) is 17.1 Å². The molecule has 0 aliphatic rings. The fourth-order valence-electron chi connectivity index (χ4n) is 2.39. The normalized spacial score (nSPS) is 11.0. The van der Waals surface area contributed by atoms with Crippen LogP contribution < -0.4 is 5.32 Å². The smallest absolute Gasteiger partial charge is 0.162 e. The summed E-state index contributed by atoms with van der Waals surface area (Å²) in [5, 5.41) is 9.67. The second-order valence-corrected chi connectivity index (χ2v) is 7.22. The second kappa shape index (κ2) is 6.06. The van der Waals surface area contributed by atoms with Gasteiger partial charge in [0.1, 0.15) is 5.82 Å². The Morgan fingerprint density at radius 3 is 2.83 bits per heavy atom. The minimum atomic E-state index is 0.718. The molecule has 0 saturated carbocycles. The molecule has 0 spiro atoms. The van der Waals surface area contributed by atoms with Gasteiger partial charge in [-0.25, -0.2) is 15.0 Å². The summed E-state index contributed by atoms with van der Waals surface area (Å²) in [5.74, 6) is 1.62. The summed E-state index contributed by atoms with van der Waals surface area (Å²) in [6.45, 7) is 2.73. The van der Waals surface area contributed by atoms with Crippen LogP contribution in [0, 0.1) is 6.92 Å². The van der Waals surface area contributed by atoms with Crippen molar-refractivity contribution in [2.24, 2.45) is 0 Å². The highest BCUT2D eigenvalue weighted by atomic mass is 32.1. The van der Waals surface area contributed by atoms with Crippen LogP contribution in [0.3, 0.4) is 0 Å². The number of nitrogens with one attached hydrogen (secondary N) is 1. The van der Waals surface area contributed by atoms with E-state index in [4.69, 9.17) is 4.98 Å². The fraction of sp³-hybridized carbons (Fsp3) is 0.118. The zero-order valence-corrected chi connectivity index (χ0v) is 14.1. The summed E-state index contributed by atoms with van der Waals surface area (Å²) in [6, 6.07) is 10.1. The van der Waals surface area contributed by atoms with Crippen molar-refractivity contribution in [2.75, 3.05) is 5.32 Å². The number of thiophene rings is 1. The van der Waals surface area contributed by atoms with Crippen LogP contribution in [0.2, 0.25) is 0 Å². The monoisotopic (exact) mass is 338 g/mol. The summed E-state index contributed by atoms with van der Waals surface area (Å²) in [7, 11) is 0. The predicted molar refractivity (Wildman–Crippen MR) is 97.0 cm³/mol. The van der Waals surface area contributed by atoms with E-state index >= 15 is 0 Å². The van der Waals surface area contributed by atoms with E-state index in [0.717, 1.165) is 39.7 Å². The van der Waals surface area contributed by atoms with Crippen LogP contribution in [0.25, 0.3) is 22.3 Å². The number of rotatable bonds is 4. The third-order valence-electron chi connectivity index (χ3n) is 3.48. The molecular weight excluding hydrogens is 324 g/mol. The van der Waals surface area contributed by atoms with Gasteiger partial charge in [0.25, 0.3) is 0 Å². The molecule has 0 amide bonds. The van der Waals surface area contributed by atoms with Gasteiger partial charge in [-0.1, -0.05) is 12.1 Å². The van der Waals surface area contributed by atoms with Crippen LogP contribution >= 0.6 is 22.7 Å². The van der Waals surface area contributed by atoms with E-state index in [1.54, 1.807) is 22.7 Å². The number of benzene rings is 1. The second-order valence-electron chi connectivity index (χ2n) is 5.12. The van der Waals surface area contributed by atoms with Crippen molar-refractivity contribution in [3.8, 4) is 11.4 Å². The van der Waals surface area contributed by atoms with Crippen molar-refractivity contribution in [1.29, 1.82) is 0 Å². The highest BCUT2D eigenvalue weighted by Gasteiger charge is 2.10. The van der Waals surface area contributed by atoms with Crippen molar-refractivity contribution in [3.63, 3.8) is 0 Å². The number of hydrogen-bond donors (Lipinski definition) is 1. The number of aromatic nitrogens is 3. The first-order valence-corrected chi connectivity index (χ1v) is 9.00. The van der Waals surface area contributed by atoms with E-state index in [9.17, 15) is 0 Å². The molecule has 3 aromatic heterocycles. The lowest BCUT2D eigenvalue weighted by molar-refractivity contribution is 1.12. The van der Waals surface area contributed by atoms with E-state index in [2.05, 4.69) is 20.7 Å². The summed E-state index contributed by atoms with van der Waals surface area (Å²) in [5.41, 5.74) is 2.00. The first kappa shape index (κ1) is 14.3. The molecule has 1 N–H and O–H groups in total. The number of aryl methyl sites for hydroxylation is 1. The van der Waals surface area contributed by atoms with Crippen LogP contribution in [0.1, 0.15) is 9.88 Å². The third kappa shape index (κ3) is 2.95. The zero-order valence-electron chi connectivity index (χ0n) is 12.5. The van der Waals surface area contributed by atoms with Crippen LogP contribution in [-0.4, -0.2) is 15.0 Å². The number of anilines is 1. The average Bonchev–Trinajstić information content (AvgIpc) is 3.24. The molecule has 114 valence electrons. The highest BCUT2D eigenvalue weighted by molar-refractivity contribution is 7.11. The largest absolute Gasteiger partial charge is 0.364 e. The Morgan fingerprint density at radius 1 is 1.13 bits per heavy atom. The van der Waals surface area contributed by atoms with E-state index in [0.29, 0.717) is 0 Å². The van der Waals surface area contributed by atoms with E-state index in [-0.39, 0.29) is 0 Å². The lowest BCUT2D eigenvalue weighted by Gasteiger charge is -2.09. The summed E-state index contributed by atoms with van der Waals surface area (Å²) < 4.78 is 0. The number of nitrogens with zero attached hydrogens (tertiary/aromatic N) is 3. The molecule has 1 aromatic carbocycles. The summed E-state index contributed by atoms with van der Waals surface area (Å²) in [6.07, 6.45) is 1.91. The summed E-state index contributed by atoms with van der Waals surface area (Å²) >= 11 is 3.35. The Morgan fingerprint density at radius 2 is 2.04 bits per heavy atom. The van der Waals surface area contributed by atoms with Gasteiger partial charge >= 0.3 is 0 Å². The van der Waals surface area contributed by atoms with Gasteiger partial charge in [-0.15, -0.1) is 11.3 Å². The number of hydrogen-bond acceptors (Lipinski definition) is 6. The van der Waals surface area contributed by atoms with Crippen molar-refractivity contribution < 1.29 is 0 Å². The van der Waals surface area contributed by atoms with E-state index in [1.807, 2.05) is 48.8 Å². The SMILES string of the molecule is Cc1ncc(CNc2nc(-c3ccsc3)nc3ccccc23)s1. The molecular formula is C17H14N4S2. The standard InChI is InChI=1S/C17H14N4S2/c1-11-18-8-13(23-11)9-19-17-14-4-2-3-5-15(14)20-16(21-17)12-6-7-22-10-12/h2-8,10H,9H2,1H3,(H,19,20,21). The van der Waals surface area contributed by atoms with Crippen LogP contribution in [0.15, 0.2) is 47.3 Å². The lowest BCUT2D eigenvalue weighted by Crippen LogP contribution is -2.03. The molecule has 0 fully saturated rings. The average molecular weight is 338 g/mol. The van der Waals surface area contributed by atoms with Crippen molar-refractivity contribution in [2.45, 2.75) is 13.5 Å². The zero-order chi connectivity index (χ0) is 15.6. The minimum absolute atomic E-state index is 0.718. The molecule has 0 bridgehead atoms. The Labute approximate surface area is 141 Å². The van der Waals surface area contributed by atoms with Gasteiger partial charge in [0, 0.05) is 27.4 Å². The third-order valence-corrected chi connectivity index (χ3v) is 5.08. The topological polar surface area (TPSA) is 50.7 Å². The molecule has 0 aliphatic carbocycles. The van der Waals surface area contributed by atoms with Crippen molar-refractivity contribution in [1.82, 2.24) is 15.0 Å². The van der Waals surface area contributed by atoms with Gasteiger partial charge in [-0.2, -0.15) is 11.3 Å². The first-order chi connectivity index (χ1) is 11.3. The number of fused-ring (bicyclic) bond motifs is 1. The van der Waals surface area contributed by atoms with Gasteiger partial charge in [0.2, 0.25) is 0 Å². The van der Waals surface area contributed by atoms with Crippen LogP contribution in [-0.2, 0) is 6.54 Å². The first-order valence-electron chi connectivity index (χ1n) is 7.24. The Kier molecular flexibility index (Phi) is 3.77. The Bertz CT molecular complexity index is 944. The van der Waals surface area contributed by atoms with Gasteiger partial charge in [0.15, 0.2) is 5.82 Å². The number of para-hydroxylation sites is 1. The molecule has 0 atom stereocenters. The van der Waals surface area contributed by atoms with E-state index < -0.39 is 0 Å². The van der Waals surface area contributed by atoms with Crippen molar-refractivity contribution >= 4 is 39.4 Å². The molecule has 0 saturated heterocycles. The van der Waals surface area contributed by atoms with Gasteiger partial charge in [-0.05, 0) is 30.5 Å². The quantitative estimate of drug-likeness (QED) is 0.584. The molecule has 23 heavy (non-hydrogen) atoms. The molecule has 4 nitrogen and oxygen atoms in total. The van der Waals surface area contributed by atoms with Gasteiger partial charge in [-0.3, -0.25) is 0 Å².